The predicted octanol–water partition coefficient (Wildman–Crippen LogP) is 1.04. The molecule has 1 saturated heterocycles. The van der Waals surface area contributed by atoms with E-state index in [1.54, 1.807) is 6.20 Å². The van der Waals surface area contributed by atoms with E-state index in [0.717, 1.165) is 36.3 Å². The third-order valence-electron chi connectivity index (χ3n) is 3.01. The number of morpholine rings is 1. The molecule has 0 aromatic carbocycles. The van der Waals surface area contributed by atoms with Crippen LogP contribution in [0.4, 0.5) is 0 Å². The Kier molecular flexibility index (Phi) is 4.50. The number of halogens is 1. The van der Waals surface area contributed by atoms with Crippen LogP contribution in [0, 0.1) is 0 Å². The summed E-state index contributed by atoms with van der Waals surface area (Å²) in [5.74, 6) is 0. The second-order valence-corrected chi connectivity index (χ2v) is 5.42. The van der Waals surface area contributed by atoms with Gasteiger partial charge in [-0.25, -0.2) is 0 Å². The van der Waals surface area contributed by atoms with Gasteiger partial charge in [-0.15, -0.1) is 0 Å². The number of rotatable bonds is 3. The monoisotopic (exact) mass is 299 g/mol. The van der Waals surface area contributed by atoms with Crippen molar-refractivity contribution < 1.29 is 4.74 Å². The number of pyridine rings is 1. The van der Waals surface area contributed by atoms with Gasteiger partial charge in [-0.05, 0) is 35.1 Å². The van der Waals surface area contributed by atoms with E-state index < -0.39 is 0 Å². The predicted molar refractivity (Wildman–Crippen MR) is 70.9 cm³/mol. The SMILES string of the molecule is CN1CCOC(C(N)Cc2ccc(Br)cn2)C1. The molecule has 0 saturated carbocycles. The molecule has 2 heterocycles. The van der Waals surface area contributed by atoms with Crippen LogP contribution in [-0.4, -0.2) is 48.8 Å². The molecule has 1 aromatic heterocycles. The van der Waals surface area contributed by atoms with Gasteiger partial charge >= 0.3 is 0 Å². The lowest BCUT2D eigenvalue weighted by atomic mass is 10.0. The first kappa shape index (κ1) is 13.0. The average Bonchev–Trinajstić information content (AvgIpc) is 2.32. The lowest BCUT2D eigenvalue weighted by molar-refractivity contribution is -0.0320. The first-order valence-electron chi connectivity index (χ1n) is 5.81. The second kappa shape index (κ2) is 5.91. The van der Waals surface area contributed by atoms with Gasteiger partial charge in [0.1, 0.15) is 0 Å². The first-order chi connectivity index (χ1) is 8.15. The van der Waals surface area contributed by atoms with Crippen molar-refractivity contribution in [2.45, 2.75) is 18.6 Å². The van der Waals surface area contributed by atoms with Crippen LogP contribution in [-0.2, 0) is 11.2 Å². The molecular weight excluding hydrogens is 282 g/mol. The van der Waals surface area contributed by atoms with Crippen LogP contribution in [0.25, 0.3) is 0 Å². The highest BCUT2D eigenvalue weighted by molar-refractivity contribution is 9.10. The number of hydrogen-bond acceptors (Lipinski definition) is 4. The van der Waals surface area contributed by atoms with Crippen molar-refractivity contribution >= 4 is 15.9 Å². The highest BCUT2D eigenvalue weighted by Crippen LogP contribution is 2.12. The van der Waals surface area contributed by atoms with E-state index in [1.165, 1.54) is 0 Å². The summed E-state index contributed by atoms with van der Waals surface area (Å²) in [6, 6.07) is 3.99. The zero-order valence-electron chi connectivity index (χ0n) is 9.97. The fraction of sp³-hybridized carbons (Fsp3) is 0.583. The third-order valence-corrected chi connectivity index (χ3v) is 3.48. The van der Waals surface area contributed by atoms with E-state index in [1.807, 2.05) is 12.1 Å². The third kappa shape index (κ3) is 3.74. The first-order valence-corrected chi connectivity index (χ1v) is 6.60. The summed E-state index contributed by atoms with van der Waals surface area (Å²) in [7, 11) is 2.10. The van der Waals surface area contributed by atoms with Gasteiger partial charge in [0, 0.05) is 41.9 Å². The summed E-state index contributed by atoms with van der Waals surface area (Å²) >= 11 is 3.37. The van der Waals surface area contributed by atoms with Crippen molar-refractivity contribution in [1.29, 1.82) is 0 Å². The Morgan fingerprint density at radius 1 is 1.65 bits per heavy atom. The molecule has 2 atom stereocenters. The van der Waals surface area contributed by atoms with E-state index in [9.17, 15) is 0 Å². The molecule has 2 unspecified atom stereocenters. The van der Waals surface area contributed by atoms with Crippen LogP contribution >= 0.6 is 15.9 Å². The van der Waals surface area contributed by atoms with Crippen molar-refractivity contribution in [3.05, 3.63) is 28.5 Å². The van der Waals surface area contributed by atoms with Gasteiger partial charge in [0.05, 0.1) is 12.7 Å². The lowest BCUT2D eigenvalue weighted by Gasteiger charge is -2.33. The minimum Gasteiger partial charge on any atom is -0.374 e. The van der Waals surface area contributed by atoms with Crippen LogP contribution in [0.2, 0.25) is 0 Å². The molecule has 4 nitrogen and oxygen atoms in total. The summed E-state index contributed by atoms with van der Waals surface area (Å²) in [5, 5.41) is 0. The number of nitrogens with two attached hydrogens (primary N) is 1. The molecule has 94 valence electrons. The maximum Gasteiger partial charge on any atom is 0.0856 e. The van der Waals surface area contributed by atoms with Gasteiger partial charge < -0.3 is 15.4 Å². The quantitative estimate of drug-likeness (QED) is 0.906. The summed E-state index contributed by atoms with van der Waals surface area (Å²) in [6.45, 7) is 2.65. The smallest absolute Gasteiger partial charge is 0.0856 e. The molecule has 0 spiro atoms. The number of ether oxygens (including phenoxy) is 1. The highest BCUT2D eigenvalue weighted by atomic mass is 79.9. The number of likely N-dealkylation sites (N-methyl/N-ethyl adjacent to an activating group) is 1. The van der Waals surface area contributed by atoms with Crippen LogP contribution in [0.15, 0.2) is 22.8 Å². The van der Waals surface area contributed by atoms with Gasteiger partial charge in [-0.3, -0.25) is 4.98 Å². The molecule has 1 aliphatic rings. The van der Waals surface area contributed by atoms with Crippen molar-refractivity contribution in [3.8, 4) is 0 Å². The minimum atomic E-state index is 0.00595. The molecule has 1 fully saturated rings. The zero-order chi connectivity index (χ0) is 12.3. The Morgan fingerprint density at radius 3 is 3.12 bits per heavy atom. The molecule has 0 radical (unpaired) electrons. The molecular formula is C12H18BrN3O. The van der Waals surface area contributed by atoms with Crippen molar-refractivity contribution in [2.75, 3.05) is 26.7 Å². The molecule has 2 N–H and O–H groups in total. The van der Waals surface area contributed by atoms with Crippen molar-refractivity contribution in [2.24, 2.45) is 5.73 Å². The Bertz CT molecular complexity index is 357. The summed E-state index contributed by atoms with van der Waals surface area (Å²) < 4.78 is 6.69. The Labute approximate surface area is 110 Å². The maximum atomic E-state index is 6.18. The number of hydrogen-bond donors (Lipinski definition) is 1. The minimum absolute atomic E-state index is 0.00595. The van der Waals surface area contributed by atoms with Gasteiger partial charge in [0.15, 0.2) is 0 Å². The topological polar surface area (TPSA) is 51.4 Å². The maximum absolute atomic E-state index is 6.18. The van der Waals surface area contributed by atoms with E-state index in [2.05, 4.69) is 32.9 Å². The van der Waals surface area contributed by atoms with Gasteiger partial charge in [0.2, 0.25) is 0 Å². The summed E-state index contributed by atoms with van der Waals surface area (Å²) in [4.78, 5) is 6.59. The molecule has 0 amide bonds. The average molecular weight is 300 g/mol. The fourth-order valence-electron chi connectivity index (χ4n) is 1.97. The largest absolute Gasteiger partial charge is 0.374 e. The molecule has 5 heteroatoms. The fourth-order valence-corrected chi connectivity index (χ4v) is 2.20. The second-order valence-electron chi connectivity index (χ2n) is 4.51. The van der Waals surface area contributed by atoms with Crippen LogP contribution in [0.3, 0.4) is 0 Å². The standard InChI is InChI=1S/C12H18BrN3O/c1-16-4-5-17-12(8-16)11(14)6-10-3-2-9(13)7-15-10/h2-3,7,11-12H,4-6,8,14H2,1H3. The molecule has 0 bridgehead atoms. The van der Waals surface area contributed by atoms with Crippen molar-refractivity contribution in [3.63, 3.8) is 0 Å². The van der Waals surface area contributed by atoms with Gasteiger partial charge in [-0.1, -0.05) is 0 Å². The summed E-state index contributed by atoms with van der Waals surface area (Å²) in [6.07, 6.45) is 2.67. The lowest BCUT2D eigenvalue weighted by Crippen LogP contribution is -2.50. The molecule has 0 aliphatic carbocycles. The molecule has 1 aliphatic heterocycles. The Morgan fingerprint density at radius 2 is 2.47 bits per heavy atom. The van der Waals surface area contributed by atoms with E-state index in [4.69, 9.17) is 10.5 Å². The van der Waals surface area contributed by atoms with E-state index >= 15 is 0 Å². The summed E-state index contributed by atoms with van der Waals surface area (Å²) in [5.41, 5.74) is 7.19. The van der Waals surface area contributed by atoms with Gasteiger partial charge in [0.25, 0.3) is 0 Å². The van der Waals surface area contributed by atoms with Crippen molar-refractivity contribution in [1.82, 2.24) is 9.88 Å². The van der Waals surface area contributed by atoms with Crippen LogP contribution in [0.1, 0.15) is 5.69 Å². The molecule has 2 rings (SSSR count). The Balaban J connectivity index is 1.91. The van der Waals surface area contributed by atoms with E-state index in [-0.39, 0.29) is 12.1 Å². The molecule has 17 heavy (non-hydrogen) atoms. The van der Waals surface area contributed by atoms with Gasteiger partial charge in [-0.2, -0.15) is 0 Å². The Hall–Kier alpha value is -0.490. The van der Waals surface area contributed by atoms with E-state index in [0.29, 0.717) is 0 Å². The number of nitrogens with zero attached hydrogens (tertiary/aromatic N) is 2. The number of aromatic nitrogens is 1. The zero-order valence-corrected chi connectivity index (χ0v) is 11.6. The van der Waals surface area contributed by atoms with Crippen LogP contribution < -0.4 is 5.73 Å². The normalized spacial score (nSPS) is 23.6. The van der Waals surface area contributed by atoms with Crippen LogP contribution in [0.5, 0.6) is 0 Å². The molecule has 1 aromatic rings. The highest BCUT2D eigenvalue weighted by Gasteiger charge is 2.24.